The largest absolute Gasteiger partial charge is 0.365 e. The van der Waals surface area contributed by atoms with E-state index < -0.39 is 10.0 Å². The van der Waals surface area contributed by atoms with Crippen LogP contribution in [0.25, 0.3) is 0 Å². The summed E-state index contributed by atoms with van der Waals surface area (Å²) in [5.41, 5.74) is 3.44. The van der Waals surface area contributed by atoms with Crippen molar-refractivity contribution in [2.45, 2.75) is 23.9 Å². The summed E-state index contributed by atoms with van der Waals surface area (Å²) in [6.07, 6.45) is 0.510. The average molecular weight is 438 g/mol. The fourth-order valence-corrected chi connectivity index (χ4v) is 5.21. The van der Waals surface area contributed by atoms with Crippen LogP contribution in [0.5, 0.6) is 0 Å². The molecule has 5 nitrogen and oxygen atoms in total. The van der Waals surface area contributed by atoms with Crippen LogP contribution >= 0.6 is 11.6 Å². The highest BCUT2D eigenvalue weighted by Gasteiger charge is 2.29. The van der Waals surface area contributed by atoms with Crippen molar-refractivity contribution >= 4 is 27.3 Å². The fourth-order valence-electron chi connectivity index (χ4n) is 3.77. The second-order valence-electron chi connectivity index (χ2n) is 7.26. The molecular weight excluding hydrogens is 418 g/mol. The zero-order chi connectivity index (χ0) is 21.1. The van der Waals surface area contributed by atoms with Gasteiger partial charge in [-0.15, -0.1) is 0 Å². The molecule has 0 aliphatic carbocycles. The van der Waals surface area contributed by atoms with Gasteiger partial charge in [0.2, 0.25) is 10.0 Å². The maximum absolute atomic E-state index is 12.9. The number of nitrogens with one attached hydrogen (secondary N) is 1. The summed E-state index contributed by atoms with van der Waals surface area (Å²) < 4.78 is 28.5. The molecule has 1 atom stereocenters. The van der Waals surface area contributed by atoms with Crippen LogP contribution in [0.15, 0.2) is 77.7 Å². The maximum Gasteiger partial charge on any atom is 0.240 e. The first-order chi connectivity index (χ1) is 14.5. The first-order valence-electron chi connectivity index (χ1n) is 9.55. The van der Waals surface area contributed by atoms with E-state index in [2.05, 4.69) is 15.7 Å². The Morgan fingerprint density at radius 1 is 1.07 bits per heavy atom. The Kier molecular flexibility index (Phi) is 5.78. The number of fused-ring (bicyclic) bond motifs is 1. The van der Waals surface area contributed by atoms with Crippen molar-refractivity contribution in [2.24, 2.45) is 0 Å². The minimum Gasteiger partial charge on any atom is -0.365 e. The smallest absolute Gasteiger partial charge is 0.240 e. The zero-order valence-corrected chi connectivity index (χ0v) is 17.7. The van der Waals surface area contributed by atoms with Crippen molar-refractivity contribution in [3.8, 4) is 6.07 Å². The first-order valence-corrected chi connectivity index (χ1v) is 11.4. The predicted octanol–water partition coefficient (Wildman–Crippen LogP) is 4.12. The summed E-state index contributed by atoms with van der Waals surface area (Å²) in [7, 11) is -3.65. The Morgan fingerprint density at radius 2 is 1.80 bits per heavy atom. The summed E-state index contributed by atoms with van der Waals surface area (Å²) in [6.45, 7) is 1.04. The topological polar surface area (TPSA) is 73.2 Å². The molecule has 0 saturated heterocycles. The summed E-state index contributed by atoms with van der Waals surface area (Å²) in [5.74, 6) is 0. The quantitative estimate of drug-likeness (QED) is 0.651. The highest BCUT2D eigenvalue weighted by atomic mass is 35.5. The number of nitrogens with zero attached hydrogens (tertiary/aromatic N) is 2. The molecule has 0 saturated carbocycles. The molecule has 30 heavy (non-hydrogen) atoms. The van der Waals surface area contributed by atoms with Crippen molar-refractivity contribution in [1.29, 1.82) is 5.26 Å². The van der Waals surface area contributed by atoms with E-state index in [0.717, 1.165) is 16.8 Å². The molecule has 1 aliphatic heterocycles. The Morgan fingerprint density at radius 3 is 2.53 bits per heavy atom. The lowest BCUT2D eigenvalue weighted by Crippen LogP contribution is -2.48. The fraction of sp³-hybridized carbons (Fsp3) is 0.174. The van der Waals surface area contributed by atoms with Gasteiger partial charge in [-0.1, -0.05) is 48.0 Å². The summed E-state index contributed by atoms with van der Waals surface area (Å²) in [5, 5.41) is 9.95. The summed E-state index contributed by atoms with van der Waals surface area (Å²) >= 11 is 6.36. The molecule has 0 unspecified atom stereocenters. The molecule has 4 rings (SSSR count). The van der Waals surface area contributed by atoms with Crippen LogP contribution in [0, 0.1) is 11.3 Å². The molecule has 0 aromatic heterocycles. The Hall–Kier alpha value is -2.85. The second kappa shape index (κ2) is 8.49. The van der Waals surface area contributed by atoms with E-state index in [4.69, 9.17) is 11.6 Å². The lowest BCUT2D eigenvalue weighted by Gasteiger charge is -2.36. The molecule has 1 N–H and O–H groups in total. The second-order valence-corrected chi connectivity index (χ2v) is 9.38. The molecular formula is C23H20ClN3O2S. The molecule has 3 aromatic carbocycles. The van der Waals surface area contributed by atoms with E-state index in [1.807, 2.05) is 36.4 Å². The minimum atomic E-state index is -3.65. The number of hydrogen-bond donors (Lipinski definition) is 1. The van der Waals surface area contributed by atoms with Crippen LogP contribution in [0.1, 0.15) is 16.7 Å². The normalized spacial score (nSPS) is 16.0. The van der Waals surface area contributed by atoms with E-state index in [1.165, 1.54) is 0 Å². The molecule has 0 bridgehead atoms. The van der Waals surface area contributed by atoms with Gasteiger partial charge in [-0.25, -0.2) is 13.1 Å². The summed E-state index contributed by atoms with van der Waals surface area (Å²) in [6, 6.07) is 23.3. The van der Waals surface area contributed by atoms with Crippen LogP contribution in [0.4, 0.5) is 5.69 Å². The van der Waals surface area contributed by atoms with Gasteiger partial charge in [-0.05, 0) is 53.9 Å². The van der Waals surface area contributed by atoms with Gasteiger partial charge in [0.25, 0.3) is 0 Å². The molecule has 0 fully saturated rings. The van der Waals surface area contributed by atoms with E-state index >= 15 is 0 Å². The number of halogens is 1. The van der Waals surface area contributed by atoms with Crippen molar-refractivity contribution in [2.75, 3.05) is 11.4 Å². The molecule has 0 amide bonds. The SMILES string of the molecule is N#Cc1ccc2c(c1)C[C@H](NS(=O)(=O)c1ccccc1)CN2Cc1ccccc1Cl. The Balaban J connectivity index is 1.66. The van der Waals surface area contributed by atoms with Gasteiger partial charge < -0.3 is 4.90 Å². The monoisotopic (exact) mass is 437 g/mol. The molecule has 7 heteroatoms. The predicted molar refractivity (Wildman–Crippen MR) is 118 cm³/mol. The molecule has 3 aromatic rings. The summed E-state index contributed by atoms with van der Waals surface area (Å²) in [4.78, 5) is 2.35. The third-order valence-electron chi connectivity index (χ3n) is 5.15. The number of rotatable bonds is 5. The molecule has 1 heterocycles. The number of sulfonamides is 1. The van der Waals surface area contributed by atoms with Crippen LogP contribution in [0.2, 0.25) is 5.02 Å². The van der Waals surface area contributed by atoms with E-state index in [-0.39, 0.29) is 10.9 Å². The van der Waals surface area contributed by atoms with Crippen molar-refractivity contribution < 1.29 is 8.42 Å². The molecule has 152 valence electrons. The van der Waals surface area contributed by atoms with Crippen molar-refractivity contribution in [3.63, 3.8) is 0 Å². The maximum atomic E-state index is 12.9. The van der Waals surface area contributed by atoms with Gasteiger partial charge in [-0.2, -0.15) is 5.26 Å². The molecule has 1 aliphatic rings. The Labute approximate surface area is 181 Å². The van der Waals surface area contributed by atoms with Crippen LogP contribution in [-0.4, -0.2) is 21.0 Å². The number of benzene rings is 3. The van der Waals surface area contributed by atoms with E-state index in [1.54, 1.807) is 36.4 Å². The number of anilines is 1. The third kappa shape index (κ3) is 4.34. The van der Waals surface area contributed by atoms with Gasteiger partial charge in [-0.3, -0.25) is 0 Å². The van der Waals surface area contributed by atoms with Gasteiger partial charge in [0.1, 0.15) is 0 Å². The van der Waals surface area contributed by atoms with Gasteiger partial charge in [0.15, 0.2) is 0 Å². The lowest BCUT2D eigenvalue weighted by atomic mass is 9.96. The van der Waals surface area contributed by atoms with Crippen LogP contribution in [-0.2, 0) is 23.0 Å². The minimum absolute atomic E-state index is 0.235. The van der Waals surface area contributed by atoms with E-state index in [0.29, 0.717) is 30.1 Å². The third-order valence-corrected chi connectivity index (χ3v) is 7.06. The lowest BCUT2D eigenvalue weighted by molar-refractivity contribution is 0.524. The zero-order valence-electron chi connectivity index (χ0n) is 16.1. The number of hydrogen-bond acceptors (Lipinski definition) is 4. The van der Waals surface area contributed by atoms with Gasteiger partial charge >= 0.3 is 0 Å². The molecule has 0 radical (unpaired) electrons. The highest BCUT2D eigenvalue weighted by Crippen LogP contribution is 2.31. The van der Waals surface area contributed by atoms with E-state index in [9.17, 15) is 13.7 Å². The van der Waals surface area contributed by atoms with Gasteiger partial charge in [0.05, 0.1) is 16.5 Å². The van der Waals surface area contributed by atoms with Crippen molar-refractivity contribution in [3.05, 3.63) is 94.5 Å². The first kappa shape index (κ1) is 20.4. The van der Waals surface area contributed by atoms with Crippen LogP contribution in [0.3, 0.4) is 0 Å². The van der Waals surface area contributed by atoms with Gasteiger partial charge in [0, 0.05) is 29.8 Å². The standard InChI is InChI=1S/C23H20ClN3O2S/c24-22-9-5-4-6-18(22)15-27-16-20(13-19-12-17(14-25)10-11-23(19)27)26-30(28,29)21-7-2-1-3-8-21/h1-12,20,26H,13,15-16H2/t20-/m0/s1. The highest BCUT2D eigenvalue weighted by molar-refractivity contribution is 7.89. The average Bonchev–Trinajstić information content (AvgIpc) is 2.75. The van der Waals surface area contributed by atoms with Crippen LogP contribution < -0.4 is 9.62 Å². The molecule has 0 spiro atoms. The number of nitriles is 1. The van der Waals surface area contributed by atoms with Crippen molar-refractivity contribution in [1.82, 2.24) is 4.72 Å². The Bertz CT molecular complexity index is 1210.